The predicted molar refractivity (Wildman–Crippen MR) is 90.3 cm³/mol. The lowest BCUT2D eigenvalue weighted by molar-refractivity contribution is -0.133. The van der Waals surface area contributed by atoms with Crippen LogP contribution in [0.4, 0.5) is 0 Å². The van der Waals surface area contributed by atoms with Crippen molar-refractivity contribution in [3.8, 4) is 0 Å². The fourth-order valence-electron chi connectivity index (χ4n) is 3.09. The van der Waals surface area contributed by atoms with Crippen LogP contribution in [0.2, 0.25) is 0 Å². The van der Waals surface area contributed by atoms with Crippen molar-refractivity contribution in [2.75, 3.05) is 6.54 Å². The van der Waals surface area contributed by atoms with E-state index >= 15 is 0 Å². The maximum Gasteiger partial charge on any atom is 0.227 e. The Morgan fingerprint density at radius 3 is 2.38 bits per heavy atom. The molecule has 0 radical (unpaired) electrons. The molecule has 0 heterocycles. The van der Waals surface area contributed by atoms with E-state index in [-0.39, 0.29) is 5.91 Å². The number of nitrogens with two attached hydrogens (primary N) is 1. The zero-order chi connectivity index (χ0) is 15.2. The van der Waals surface area contributed by atoms with Crippen molar-refractivity contribution in [2.45, 2.75) is 51.5 Å². The molecule has 1 aromatic carbocycles. The first-order valence-corrected chi connectivity index (χ1v) is 8.21. The lowest BCUT2D eigenvalue weighted by Gasteiger charge is -2.33. The zero-order valence-corrected chi connectivity index (χ0v) is 13.5. The van der Waals surface area contributed by atoms with E-state index in [0.29, 0.717) is 17.5 Å². The Bertz CT molecular complexity index is 492. The third kappa shape index (κ3) is 4.27. The highest BCUT2D eigenvalue weighted by atomic mass is 32.1. The molecule has 1 amide bonds. The van der Waals surface area contributed by atoms with Crippen LogP contribution in [0, 0.1) is 0 Å². The molecule has 0 saturated heterocycles. The minimum Gasteiger partial charge on any atom is -0.389 e. The van der Waals surface area contributed by atoms with Gasteiger partial charge >= 0.3 is 0 Å². The highest BCUT2D eigenvalue weighted by Crippen LogP contribution is 2.23. The van der Waals surface area contributed by atoms with E-state index in [4.69, 9.17) is 18.0 Å². The molecule has 0 spiro atoms. The van der Waals surface area contributed by atoms with E-state index in [2.05, 4.69) is 11.8 Å². The van der Waals surface area contributed by atoms with Gasteiger partial charge in [0.05, 0.1) is 6.42 Å². The molecule has 3 nitrogen and oxygen atoms in total. The number of thiocarbonyl (C=S) groups is 1. The Hall–Kier alpha value is -1.42. The van der Waals surface area contributed by atoms with Gasteiger partial charge in [-0.15, -0.1) is 0 Å². The van der Waals surface area contributed by atoms with Gasteiger partial charge in [-0.25, -0.2) is 0 Å². The Morgan fingerprint density at radius 1 is 1.24 bits per heavy atom. The van der Waals surface area contributed by atoms with Crippen molar-refractivity contribution in [3.05, 3.63) is 35.4 Å². The summed E-state index contributed by atoms with van der Waals surface area (Å²) in [4.78, 5) is 15.0. The van der Waals surface area contributed by atoms with Gasteiger partial charge in [-0.1, -0.05) is 55.7 Å². The van der Waals surface area contributed by atoms with Gasteiger partial charge in [0.1, 0.15) is 4.99 Å². The van der Waals surface area contributed by atoms with Gasteiger partial charge in [-0.2, -0.15) is 0 Å². The maximum atomic E-state index is 12.5. The van der Waals surface area contributed by atoms with Crippen LogP contribution < -0.4 is 5.73 Å². The third-order valence-electron chi connectivity index (χ3n) is 4.27. The molecule has 1 saturated carbocycles. The van der Waals surface area contributed by atoms with E-state index in [0.717, 1.165) is 30.5 Å². The van der Waals surface area contributed by atoms with E-state index in [1.165, 1.54) is 19.3 Å². The molecule has 1 fully saturated rings. The van der Waals surface area contributed by atoms with Gasteiger partial charge in [0.25, 0.3) is 0 Å². The summed E-state index contributed by atoms with van der Waals surface area (Å²) >= 11 is 4.94. The van der Waals surface area contributed by atoms with E-state index in [1.54, 1.807) is 0 Å². The van der Waals surface area contributed by atoms with Gasteiger partial charge in [0.2, 0.25) is 5.91 Å². The Morgan fingerprint density at radius 2 is 1.86 bits per heavy atom. The first kappa shape index (κ1) is 16.0. The highest BCUT2D eigenvalue weighted by molar-refractivity contribution is 7.80. The number of nitrogens with zero attached hydrogens (tertiary/aromatic N) is 1. The number of rotatable bonds is 5. The molecular formula is C17H24N2OS. The largest absolute Gasteiger partial charge is 0.389 e. The first-order valence-electron chi connectivity index (χ1n) is 7.80. The number of hydrogen-bond donors (Lipinski definition) is 1. The van der Waals surface area contributed by atoms with Crippen LogP contribution in [-0.2, 0) is 11.2 Å². The fraction of sp³-hybridized carbons (Fsp3) is 0.529. The summed E-state index contributed by atoms with van der Waals surface area (Å²) in [5.41, 5.74) is 7.46. The van der Waals surface area contributed by atoms with E-state index in [1.807, 2.05) is 24.3 Å². The molecule has 1 aliphatic carbocycles. The molecule has 0 aliphatic heterocycles. The smallest absolute Gasteiger partial charge is 0.227 e. The van der Waals surface area contributed by atoms with Crippen molar-refractivity contribution in [3.63, 3.8) is 0 Å². The van der Waals surface area contributed by atoms with Gasteiger partial charge < -0.3 is 10.6 Å². The lowest BCUT2D eigenvalue weighted by atomic mass is 9.93. The fourth-order valence-corrected chi connectivity index (χ4v) is 3.23. The van der Waals surface area contributed by atoms with Crippen LogP contribution >= 0.6 is 12.2 Å². The molecular weight excluding hydrogens is 280 g/mol. The molecule has 1 aliphatic rings. The number of likely N-dealkylation sites (N-methyl/N-ethyl adjacent to an activating group) is 1. The van der Waals surface area contributed by atoms with Gasteiger partial charge in [0.15, 0.2) is 0 Å². The van der Waals surface area contributed by atoms with Gasteiger partial charge in [-0.05, 0) is 25.3 Å². The Balaban J connectivity index is 1.99. The average Bonchev–Trinajstić information content (AvgIpc) is 2.49. The summed E-state index contributed by atoms with van der Waals surface area (Å²) in [5, 5.41) is 0. The predicted octanol–water partition coefficient (Wildman–Crippen LogP) is 3.04. The van der Waals surface area contributed by atoms with Crippen molar-refractivity contribution < 1.29 is 4.79 Å². The van der Waals surface area contributed by atoms with Gasteiger partial charge in [0, 0.05) is 18.2 Å². The molecule has 0 unspecified atom stereocenters. The van der Waals surface area contributed by atoms with Crippen molar-refractivity contribution in [2.24, 2.45) is 5.73 Å². The topological polar surface area (TPSA) is 46.3 Å². The standard InChI is InChI=1S/C17H24N2OS/c1-2-19(15-6-4-3-5-7-15)16(20)12-13-8-10-14(11-9-13)17(18)21/h8-11,15H,2-7,12H2,1H3,(H2,18,21). The summed E-state index contributed by atoms with van der Waals surface area (Å²) < 4.78 is 0. The first-order chi connectivity index (χ1) is 10.1. The summed E-state index contributed by atoms with van der Waals surface area (Å²) in [6.45, 7) is 2.87. The molecule has 21 heavy (non-hydrogen) atoms. The summed E-state index contributed by atoms with van der Waals surface area (Å²) in [6, 6.07) is 8.11. The quantitative estimate of drug-likeness (QED) is 0.851. The van der Waals surface area contributed by atoms with Gasteiger partial charge in [-0.3, -0.25) is 4.79 Å². The van der Waals surface area contributed by atoms with E-state index < -0.39 is 0 Å². The van der Waals surface area contributed by atoms with Crippen molar-refractivity contribution in [1.82, 2.24) is 4.90 Å². The van der Waals surface area contributed by atoms with Crippen molar-refractivity contribution >= 4 is 23.1 Å². The van der Waals surface area contributed by atoms with E-state index in [9.17, 15) is 4.79 Å². The molecule has 2 rings (SSSR count). The molecule has 2 N–H and O–H groups in total. The monoisotopic (exact) mass is 304 g/mol. The van der Waals surface area contributed by atoms with Crippen LogP contribution in [0.25, 0.3) is 0 Å². The zero-order valence-electron chi connectivity index (χ0n) is 12.7. The molecule has 4 heteroatoms. The highest BCUT2D eigenvalue weighted by Gasteiger charge is 2.23. The number of carbonyl (C=O) groups excluding carboxylic acids is 1. The Kier molecular flexibility index (Phi) is 5.74. The summed E-state index contributed by atoms with van der Waals surface area (Å²) in [6.07, 6.45) is 6.57. The Labute approximate surface area is 132 Å². The molecule has 0 bridgehead atoms. The van der Waals surface area contributed by atoms with Crippen molar-refractivity contribution in [1.29, 1.82) is 0 Å². The van der Waals surface area contributed by atoms with Crippen LogP contribution in [0.3, 0.4) is 0 Å². The molecule has 1 aromatic rings. The van der Waals surface area contributed by atoms with Crippen LogP contribution in [0.5, 0.6) is 0 Å². The number of amides is 1. The number of benzene rings is 1. The average molecular weight is 304 g/mol. The molecule has 0 atom stereocenters. The molecule has 114 valence electrons. The second-order valence-corrected chi connectivity index (χ2v) is 6.15. The number of carbonyl (C=O) groups is 1. The summed E-state index contributed by atoms with van der Waals surface area (Å²) in [5.74, 6) is 0.229. The maximum absolute atomic E-state index is 12.5. The molecule has 0 aromatic heterocycles. The van der Waals surface area contributed by atoms with Crippen LogP contribution in [0.15, 0.2) is 24.3 Å². The lowest BCUT2D eigenvalue weighted by Crippen LogP contribution is -2.42. The van der Waals surface area contributed by atoms with Crippen LogP contribution in [0.1, 0.15) is 50.2 Å². The summed E-state index contributed by atoms with van der Waals surface area (Å²) in [7, 11) is 0. The third-order valence-corrected chi connectivity index (χ3v) is 4.51. The minimum atomic E-state index is 0.229. The number of hydrogen-bond acceptors (Lipinski definition) is 2. The second-order valence-electron chi connectivity index (χ2n) is 5.71. The normalized spacial score (nSPS) is 15.7. The second kappa shape index (κ2) is 7.55. The minimum absolute atomic E-state index is 0.229. The van der Waals surface area contributed by atoms with Crippen LogP contribution in [-0.4, -0.2) is 28.4 Å². The SMILES string of the molecule is CCN(C(=O)Cc1ccc(C(N)=S)cc1)C1CCCCC1.